The van der Waals surface area contributed by atoms with Crippen LogP contribution in [0.15, 0.2) is 77.5 Å². The van der Waals surface area contributed by atoms with Crippen molar-refractivity contribution in [2.75, 3.05) is 5.75 Å². The number of amides is 1. The van der Waals surface area contributed by atoms with E-state index in [1.165, 1.54) is 17.3 Å². The van der Waals surface area contributed by atoms with Gasteiger partial charge < -0.3 is 5.32 Å². The minimum atomic E-state index is -0.129. The van der Waals surface area contributed by atoms with Crippen LogP contribution in [0.25, 0.3) is 5.52 Å². The normalized spacial score (nSPS) is 12.2. The number of thioether (sulfide) groups is 1. The molecule has 27 heavy (non-hydrogen) atoms. The van der Waals surface area contributed by atoms with E-state index in [2.05, 4.69) is 47.6 Å². The van der Waals surface area contributed by atoms with Crippen molar-refractivity contribution in [1.82, 2.24) is 14.7 Å². The third-order valence-electron chi connectivity index (χ3n) is 4.28. The Morgan fingerprint density at radius 1 is 1.19 bits per heavy atom. The summed E-state index contributed by atoms with van der Waals surface area (Å²) in [5, 5.41) is 6.04. The van der Waals surface area contributed by atoms with E-state index in [9.17, 15) is 4.79 Å². The van der Waals surface area contributed by atoms with E-state index in [-0.39, 0.29) is 11.9 Å². The molecule has 0 fully saturated rings. The van der Waals surface area contributed by atoms with Crippen molar-refractivity contribution in [1.29, 1.82) is 0 Å². The smallest absolute Gasteiger partial charge is 0.231 e. The lowest BCUT2D eigenvalue weighted by atomic mass is 10.0. The molecule has 0 spiro atoms. The van der Waals surface area contributed by atoms with Crippen LogP contribution in [-0.4, -0.2) is 21.0 Å². The van der Waals surface area contributed by atoms with Crippen molar-refractivity contribution in [3.8, 4) is 0 Å². The summed E-state index contributed by atoms with van der Waals surface area (Å²) in [6.45, 7) is 2.06. The number of aromatic nitrogens is 2. The van der Waals surface area contributed by atoms with Gasteiger partial charge in [0.05, 0.1) is 23.5 Å². The van der Waals surface area contributed by atoms with Crippen LogP contribution < -0.4 is 5.32 Å². The SMILES string of the molecule is Cc1ccc(C(NC(=O)CSc2ncc3ccccn23)c2cccs2)cc1. The molecular weight excluding hydrogens is 374 g/mol. The molecule has 0 aliphatic heterocycles. The largest absolute Gasteiger partial charge is 0.344 e. The number of benzene rings is 1. The summed E-state index contributed by atoms with van der Waals surface area (Å²) in [6, 6.07) is 18.2. The highest BCUT2D eigenvalue weighted by atomic mass is 32.2. The number of imidazole rings is 1. The molecule has 0 aliphatic rings. The topological polar surface area (TPSA) is 46.4 Å². The van der Waals surface area contributed by atoms with E-state index >= 15 is 0 Å². The fraction of sp³-hybridized carbons (Fsp3) is 0.143. The molecule has 1 atom stereocenters. The zero-order chi connectivity index (χ0) is 18.6. The van der Waals surface area contributed by atoms with Gasteiger partial charge >= 0.3 is 0 Å². The molecular formula is C21H19N3OS2. The molecule has 1 aromatic carbocycles. The van der Waals surface area contributed by atoms with E-state index < -0.39 is 0 Å². The monoisotopic (exact) mass is 393 g/mol. The predicted molar refractivity (Wildman–Crippen MR) is 111 cm³/mol. The highest BCUT2D eigenvalue weighted by Crippen LogP contribution is 2.27. The molecule has 4 nitrogen and oxygen atoms in total. The first kappa shape index (κ1) is 17.8. The van der Waals surface area contributed by atoms with Gasteiger partial charge in [0.2, 0.25) is 5.91 Å². The van der Waals surface area contributed by atoms with Gasteiger partial charge in [-0.15, -0.1) is 11.3 Å². The van der Waals surface area contributed by atoms with Gasteiger partial charge in [-0.2, -0.15) is 0 Å². The number of hydrogen-bond donors (Lipinski definition) is 1. The number of nitrogens with one attached hydrogen (secondary N) is 1. The summed E-state index contributed by atoms with van der Waals surface area (Å²) in [5.74, 6) is 0.313. The van der Waals surface area contributed by atoms with E-state index in [1.807, 2.05) is 46.4 Å². The first-order chi connectivity index (χ1) is 13.2. The summed E-state index contributed by atoms with van der Waals surface area (Å²) in [4.78, 5) is 18.2. The number of hydrogen-bond acceptors (Lipinski definition) is 4. The maximum Gasteiger partial charge on any atom is 0.231 e. The van der Waals surface area contributed by atoms with E-state index in [0.29, 0.717) is 5.75 Å². The lowest BCUT2D eigenvalue weighted by Gasteiger charge is -2.18. The van der Waals surface area contributed by atoms with Gasteiger partial charge in [-0.25, -0.2) is 4.98 Å². The maximum atomic E-state index is 12.7. The van der Waals surface area contributed by atoms with Gasteiger partial charge in [0.25, 0.3) is 0 Å². The van der Waals surface area contributed by atoms with Gasteiger partial charge in [-0.3, -0.25) is 9.20 Å². The Hall–Kier alpha value is -2.57. The van der Waals surface area contributed by atoms with Crippen LogP contribution in [0.4, 0.5) is 0 Å². The summed E-state index contributed by atoms with van der Waals surface area (Å²) in [7, 11) is 0. The Kier molecular flexibility index (Phi) is 5.27. The van der Waals surface area contributed by atoms with Crippen LogP contribution in [0.3, 0.4) is 0 Å². The summed E-state index contributed by atoms with van der Waals surface area (Å²) < 4.78 is 1.99. The molecule has 0 bridgehead atoms. The Labute approximate surface area is 166 Å². The van der Waals surface area contributed by atoms with Crippen molar-refractivity contribution in [3.05, 3.63) is 88.4 Å². The van der Waals surface area contributed by atoms with Gasteiger partial charge in [0, 0.05) is 11.1 Å². The first-order valence-electron chi connectivity index (χ1n) is 8.65. The average Bonchev–Trinajstić information content (AvgIpc) is 3.35. The highest BCUT2D eigenvalue weighted by Gasteiger charge is 2.18. The van der Waals surface area contributed by atoms with Crippen molar-refractivity contribution >= 4 is 34.5 Å². The number of carbonyl (C=O) groups is 1. The van der Waals surface area contributed by atoms with Crippen LogP contribution in [-0.2, 0) is 4.79 Å². The Morgan fingerprint density at radius 3 is 2.81 bits per heavy atom. The first-order valence-corrected chi connectivity index (χ1v) is 10.5. The number of pyridine rings is 1. The van der Waals surface area contributed by atoms with Crippen molar-refractivity contribution in [2.24, 2.45) is 0 Å². The molecule has 6 heteroatoms. The Bertz CT molecular complexity index is 1040. The summed E-state index contributed by atoms with van der Waals surface area (Å²) in [6.07, 6.45) is 3.78. The Balaban J connectivity index is 1.48. The molecule has 0 radical (unpaired) electrons. The van der Waals surface area contributed by atoms with Crippen LogP contribution in [0, 0.1) is 6.92 Å². The van der Waals surface area contributed by atoms with Gasteiger partial charge in [-0.05, 0) is 36.1 Å². The lowest BCUT2D eigenvalue weighted by Crippen LogP contribution is -2.30. The van der Waals surface area contributed by atoms with Gasteiger partial charge in [-0.1, -0.05) is 53.7 Å². The third kappa shape index (κ3) is 4.07. The molecule has 136 valence electrons. The number of fused-ring (bicyclic) bond motifs is 1. The van der Waals surface area contributed by atoms with Crippen LogP contribution in [0.2, 0.25) is 0 Å². The minimum absolute atomic E-state index is 0.00773. The summed E-state index contributed by atoms with van der Waals surface area (Å²) >= 11 is 3.10. The molecule has 1 unspecified atom stereocenters. The van der Waals surface area contributed by atoms with Crippen molar-refractivity contribution in [3.63, 3.8) is 0 Å². The number of carbonyl (C=O) groups excluding carboxylic acids is 1. The van der Waals surface area contributed by atoms with E-state index in [4.69, 9.17) is 0 Å². The van der Waals surface area contributed by atoms with Crippen LogP contribution in [0.1, 0.15) is 22.0 Å². The second-order valence-electron chi connectivity index (χ2n) is 6.25. The number of thiophene rings is 1. The minimum Gasteiger partial charge on any atom is -0.344 e. The molecule has 4 aromatic rings. The molecule has 0 saturated heterocycles. The molecule has 1 N–H and O–H groups in total. The molecule has 3 aromatic heterocycles. The standard InChI is InChI=1S/C21H19N3OS2/c1-15-7-9-16(10-8-15)20(18-6-4-12-26-18)23-19(25)14-27-21-22-13-17-5-2-3-11-24(17)21/h2-13,20H,14H2,1H3,(H,23,25). The second kappa shape index (κ2) is 7.98. The zero-order valence-corrected chi connectivity index (χ0v) is 16.5. The predicted octanol–water partition coefficient (Wildman–Crippen LogP) is 4.70. The summed E-state index contributed by atoms with van der Waals surface area (Å²) in [5.41, 5.74) is 3.32. The van der Waals surface area contributed by atoms with E-state index in [1.54, 1.807) is 11.3 Å². The lowest BCUT2D eigenvalue weighted by molar-refractivity contribution is -0.119. The van der Waals surface area contributed by atoms with Gasteiger partial charge in [0.15, 0.2) is 5.16 Å². The van der Waals surface area contributed by atoms with Crippen molar-refractivity contribution in [2.45, 2.75) is 18.1 Å². The molecule has 0 aliphatic carbocycles. The Morgan fingerprint density at radius 2 is 2.04 bits per heavy atom. The second-order valence-corrected chi connectivity index (χ2v) is 8.17. The quantitative estimate of drug-likeness (QED) is 0.483. The van der Waals surface area contributed by atoms with Crippen molar-refractivity contribution < 1.29 is 4.79 Å². The fourth-order valence-electron chi connectivity index (χ4n) is 2.89. The third-order valence-corrected chi connectivity index (χ3v) is 6.18. The molecule has 1 amide bonds. The average molecular weight is 394 g/mol. The molecule has 0 saturated carbocycles. The molecule has 3 heterocycles. The van der Waals surface area contributed by atoms with Crippen LogP contribution >= 0.6 is 23.1 Å². The maximum absolute atomic E-state index is 12.7. The zero-order valence-electron chi connectivity index (χ0n) is 14.8. The number of nitrogens with zero attached hydrogens (tertiary/aromatic N) is 2. The van der Waals surface area contributed by atoms with Crippen LogP contribution in [0.5, 0.6) is 0 Å². The number of aryl methyl sites for hydroxylation is 1. The van der Waals surface area contributed by atoms with E-state index in [0.717, 1.165) is 21.1 Å². The molecule has 4 rings (SSSR count). The van der Waals surface area contributed by atoms with Gasteiger partial charge in [0.1, 0.15) is 0 Å². The number of rotatable bonds is 6. The highest BCUT2D eigenvalue weighted by molar-refractivity contribution is 7.99. The fourth-order valence-corrected chi connectivity index (χ4v) is 4.47.